The smallest absolute Gasteiger partial charge is 0.255 e. The van der Waals surface area contributed by atoms with Crippen LogP contribution in [0.15, 0.2) is 73.1 Å². The van der Waals surface area contributed by atoms with Gasteiger partial charge in [-0.25, -0.2) is 4.98 Å². The average Bonchev–Trinajstić information content (AvgIpc) is 3.11. The summed E-state index contributed by atoms with van der Waals surface area (Å²) in [6, 6.07) is 20.4. The van der Waals surface area contributed by atoms with E-state index in [9.17, 15) is 4.79 Å². The van der Waals surface area contributed by atoms with E-state index in [1.54, 1.807) is 36.5 Å². The van der Waals surface area contributed by atoms with Crippen molar-refractivity contribution in [3.05, 3.63) is 95.6 Å². The summed E-state index contributed by atoms with van der Waals surface area (Å²) in [5, 5.41) is 0. The van der Waals surface area contributed by atoms with Gasteiger partial charge in [0.05, 0.1) is 23.1 Å². The van der Waals surface area contributed by atoms with Gasteiger partial charge in [-0.3, -0.25) is 9.78 Å². The number of carbonyl (C=O) groups excluding carboxylic acids is 1. The molecule has 0 aliphatic heterocycles. The lowest BCUT2D eigenvalue weighted by Crippen LogP contribution is -2.28. The molecule has 0 atom stereocenters. The molecule has 0 radical (unpaired) electrons. The van der Waals surface area contributed by atoms with Crippen LogP contribution >= 0.6 is 0 Å². The third kappa shape index (κ3) is 4.10. The zero-order valence-electron chi connectivity index (χ0n) is 17.6. The van der Waals surface area contributed by atoms with E-state index in [1.807, 2.05) is 18.2 Å². The molecule has 2 aromatic heterocycles. The van der Waals surface area contributed by atoms with Crippen LogP contribution in [0.4, 0.5) is 0 Å². The standard InChI is InChI=1S/C25H26N4O/c1-18(2)20-12-10-19(11-13-20)16-29-23-9-5-4-8-22(23)27-24(29)17-28(3)25(30)21-7-6-14-26-15-21/h4-15,18H,16-17H2,1-3H3. The fraction of sp³-hybridized carbons (Fsp3) is 0.240. The highest BCUT2D eigenvalue weighted by Crippen LogP contribution is 2.21. The second-order valence-corrected chi connectivity index (χ2v) is 7.90. The Bertz CT molecular complexity index is 1150. The van der Waals surface area contributed by atoms with Gasteiger partial charge in [0.25, 0.3) is 5.91 Å². The maximum absolute atomic E-state index is 12.8. The highest BCUT2D eigenvalue weighted by molar-refractivity contribution is 5.93. The average molecular weight is 399 g/mol. The second-order valence-electron chi connectivity index (χ2n) is 7.90. The fourth-order valence-corrected chi connectivity index (χ4v) is 3.61. The van der Waals surface area contributed by atoms with E-state index >= 15 is 0 Å². The zero-order valence-corrected chi connectivity index (χ0v) is 17.6. The highest BCUT2D eigenvalue weighted by Gasteiger charge is 2.17. The number of hydrogen-bond donors (Lipinski definition) is 0. The maximum Gasteiger partial charge on any atom is 0.255 e. The van der Waals surface area contributed by atoms with Gasteiger partial charge in [0.2, 0.25) is 0 Å². The quantitative estimate of drug-likeness (QED) is 0.465. The Labute approximate surface area is 177 Å². The number of rotatable bonds is 6. The van der Waals surface area contributed by atoms with Gasteiger partial charge in [0.15, 0.2) is 0 Å². The summed E-state index contributed by atoms with van der Waals surface area (Å²) in [5.41, 5.74) is 5.13. The van der Waals surface area contributed by atoms with Gasteiger partial charge >= 0.3 is 0 Å². The topological polar surface area (TPSA) is 51.0 Å². The number of benzene rings is 2. The monoisotopic (exact) mass is 398 g/mol. The van der Waals surface area contributed by atoms with E-state index in [-0.39, 0.29) is 5.91 Å². The first kappa shape index (κ1) is 19.8. The molecule has 0 bridgehead atoms. The van der Waals surface area contributed by atoms with Crippen molar-refractivity contribution in [2.75, 3.05) is 7.05 Å². The maximum atomic E-state index is 12.8. The number of fused-ring (bicyclic) bond motifs is 1. The SMILES string of the molecule is CC(C)c1ccc(Cn2c(CN(C)C(=O)c3cccnc3)nc3ccccc32)cc1. The lowest BCUT2D eigenvalue weighted by molar-refractivity contribution is 0.0780. The van der Waals surface area contributed by atoms with Crippen molar-refractivity contribution in [3.63, 3.8) is 0 Å². The van der Waals surface area contributed by atoms with Crippen molar-refractivity contribution in [1.29, 1.82) is 0 Å². The molecule has 4 rings (SSSR count). The summed E-state index contributed by atoms with van der Waals surface area (Å²) in [4.78, 5) is 23.4. The van der Waals surface area contributed by atoms with Gasteiger partial charge in [0.1, 0.15) is 5.82 Å². The molecule has 0 fully saturated rings. The largest absolute Gasteiger partial charge is 0.334 e. The van der Waals surface area contributed by atoms with E-state index in [0.717, 1.165) is 16.9 Å². The van der Waals surface area contributed by atoms with Gasteiger partial charge in [-0.1, -0.05) is 50.2 Å². The molecule has 0 aliphatic carbocycles. The molecule has 1 amide bonds. The molecule has 0 N–H and O–H groups in total. The lowest BCUT2D eigenvalue weighted by atomic mass is 10.0. The van der Waals surface area contributed by atoms with E-state index in [1.165, 1.54) is 11.1 Å². The Balaban J connectivity index is 1.64. The molecule has 5 heteroatoms. The third-order valence-corrected chi connectivity index (χ3v) is 5.35. The minimum absolute atomic E-state index is 0.0667. The molecule has 0 spiro atoms. The fourth-order valence-electron chi connectivity index (χ4n) is 3.61. The summed E-state index contributed by atoms with van der Waals surface area (Å²) in [5.74, 6) is 1.31. The zero-order chi connectivity index (χ0) is 21.1. The van der Waals surface area contributed by atoms with Crippen molar-refractivity contribution < 1.29 is 4.79 Å². The highest BCUT2D eigenvalue weighted by atomic mass is 16.2. The molecule has 5 nitrogen and oxygen atoms in total. The third-order valence-electron chi connectivity index (χ3n) is 5.35. The number of nitrogens with zero attached hydrogens (tertiary/aromatic N) is 4. The Morgan fingerprint density at radius 2 is 1.80 bits per heavy atom. The van der Waals surface area contributed by atoms with E-state index in [0.29, 0.717) is 24.6 Å². The number of carbonyl (C=O) groups is 1. The Morgan fingerprint density at radius 3 is 2.50 bits per heavy atom. The van der Waals surface area contributed by atoms with Crippen LogP contribution in [0.1, 0.15) is 47.1 Å². The van der Waals surface area contributed by atoms with Crippen molar-refractivity contribution in [3.8, 4) is 0 Å². The first-order valence-electron chi connectivity index (χ1n) is 10.2. The number of para-hydroxylation sites is 2. The van der Waals surface area contributed by atoms with E-state index in [4.69, 9.17) is 4.98 Å². The van der Waals surface area contributed by atoms with Gasteiger partial charge in [-0.15, -0.1) is 0 Å². The predicted octanol–water partition coefficient (Wildman–Crippen LogP) is 4.88. The second kappa shape index (κ2) is 8.49. The summed E-state index contributed by atoms with van der Waals surface area (Å²) < 4.78 is 2.20. The van der Waals surface area contributed by atoms with Crippen LogP contribution in [0.2, 0.25) is 0 Å². The molecule has 30 heavy (non-hydrogen) atoms. The first-order chi connectivity index (χ1) is 14.5. The minimum Gasteiger partial charge on any atom is -0.334 e. The molecule has 0 aliphatic rings. The number of imidazole rings is 1. The van der Waals surface area contributed by atoms with Crippen LogP contribution in [0.5, 0.6) is 0 Å². The summed E-state index contributed by atoms with van der Waals surface area (Å²) >= 11 is 0. The Hall–Kier alpha value is -3.47. The molecular formula is C25H26N4O. The predicted molar refractivity (Wildman–Crippen MR) is 119 cm³/mol. The van der Waals surface area contributed by atoms with Crippen LogP contribution in [0, 0.1) is 0 Å². The molecular weight excluding hydrogens is 372 g/mol. The van der Waals surface area contributed by atoms with Crippen LogP contribution < -0.4 is 0 Å². The normalized spacial score (nSPS) is 11.2. The van der Waals surface area contributed by atoms with Gasteiger partial charge in [0, 0.05) is 26.0 Å². The van der Waals surface area contributed by atoms with Crippen LogP contribution in [-0.4, -0.2) is 32.4 Å². The van der Waals surface area contributed by atoms with Gasteiger partial charge in [-0.05, 0) is 41.3 Å². The van der Waals surface area contributed by atoms with E-state index < -0.39 is 0 Å². The van der Waals surface area contributed by atoms with Crippen LogP contribution in [0.25, 0.3) is 11.0 Å². The number of pyridine rings is 1. The Morgan fingerprint density at radius 1 is 1.03 bits per heavy atom. The summed E-state index contributed by atoms with van der Waals surface area (Å²) in [7, 11) is 1.80. The van der Waals surface area contributed by atoms with Crippen molar-refractivity contribution in [2.24, 2.45) is 0 Å². The summed E-state index contributed by atoms with van der Waals surface area (Å²) in [6.45, 7) is 5.53. The molecule has 0 unspecified atom stereocenters. The van der Waals surface area contributed by atoms with Gasteiger partial charge in [-0.2, -0.15) is 0 Å². The molecule has 4 aromatic rings. The number of hydrogen-bond acceptors (Lipinski definition) is 3. The Kier molecular flexibility index (Phi) is 5.61. The van der Waals surface area contributed by atoms with Crippen molar-refractivity contribution >= 4 is 16.9 Å². The van der Waals surface area contributed by atoms with Crippen molar-refractivity contribution in [1.82, 2.24) is 19.4 Å². The minimum atomic E-state index is -0.0667. The first-order valence-corrected chi connectivity index (χ1v) is 10.2. The van der Waals surface area contributed by atoms with E-state index in [2.05, 4.69) is 53.7 Å². The van der Waals surface area contributed by atoms with Crippen LogP contribution in [-0.2, 0) is 13.1 Å². The van der Waals surface area contributed by atoms with Crippen LogP contribution in [0.3, 0.4) is 0 Å². The lowest BCUT2D eigenvalue weighted by Gasteiger charge is -2.18. The van der Waals surface area contributed by atoms with Gasteiger partial charge < -0.3 is 9.47 Å². The molecule has 152 valence electrons. The molecule has 2 aromatic carbocycles. The van der Waals surface area contributed by atoms with Crippen molar-refractivity contribution in [2.45, 2.75) is 32.9 Å². The number of aromatic nitrogens is 3. The molecule has 2 heterocycles. The molecule has 0 saturated carbocycles. The molecule has 0 saturated heterocycles. The summed E-state index contributed by atoms with van der Waals surface area (Å²) in [6.07, 6.45) is 3.26. The number of amides is 1.